The molecule has 106 valence electrons. The molecule has 1 aliphatic rings. The van der Waals surface area contributed by atoms with Gasteiger partial charge in [0.05, 0.1) is 6.04 Å². The highest BCUT2D eigenvalue weighted by Crippen LogP contribution is 2.25. The molecule has 0 spiro atoms. The molecular weight excluding hydrogens is 264 g/mol. The van der Waals surface area contributed by atoms with Gasteiger partial charge in [0.2, 0.25) is 0 Å². The van der Waals surface area contributed by atoms with Gasteiger partial charge in [-0.3, -0.25) is 4.79 Å². The van der Waals surface area contributed by atoms with Gasteiger partial charge in [-0.05, 0) is 19.1 Å². The number of aryl methyl sites for hydroxylation is 1. The highest BCUT2D eigenvalue weighted by molar-refractivity contribution is 5.98. The maximum Gasteiger partial charge on any atom is 0.270 e. The molecule has 1 N–H and O–H groups in total. The third kappa shape index (κ3) is 1.93. The minimum Gasteiger partial charge on any atom is -0.351 e. The number of likely N-dealkylation sites (tertiary alicyclic amines) is 1. The molecule has 1 aromatic carbocycles. The summed E-state index contributed by atoms with van der Waals surface area (Å²) < 4.78 is 2.13. The molecular formula is C16H16N4O. The summed E-state index contributed by atoms with van der Waals surface area (Å²) in [6, 6.07) is 10.2. The van der Waals surface area contributed by atoms with Crippen LogP contribution in [0.4, 0.5) is 0 Å². The average Bonchev–Trinajstić information content (AvgIpc) is 3.03. The average molecular weight is 280 g/mol. The zero-order valence-corrected chi connectivity index (χ0v) is 11.8. The Balaban J connectivity index is 1.51. The zero-order valence-electron chi connectivity index (χ0n) is 11.8. The molecule has 0 unspecified atom stereocenters. The summed E-state index contributed by atoms with van der Waals surface area (Å²) in [5, 5.41) is 1.07. The number of rotatable bonds is 2. The van der Waals surface area contributed by atoms with Gasteiger partial charge in [-0.25, -0.2) is 4.98 Å². The number of amides is 1. The van der Waals surface area contributed by atoms with Gasteiger partial charge >= 0.3 is 0 Å². The fourth-order valence-electron chi connectivity index (χ4n) is 2.93. The summed E-state index contributed by atoms with van der Waals surface area (Å²) in [4.78, 5) is 21.8. The molecule has 1 saturated heterocycles. The lowest BCUT2D eigenvalue weighted by atomic mass is 10.1. The Kier molecular flexibility index (Phi) is 2.60. The van der Waals surface area contributed by atoms with Crippen molar-refractivity contribution < 1.29 is 4.79 Å². The number of imidazole rings is 1. The van der Waals surface area contributed by atoms with E-state index in [1.807, 2.05) is 48.4 Å². The minimum absolute atomic E-state index is 0.0696. The van der Waals surface area contributed by atoms with E-state index in [0.29, 0.717) is 11.7 Å². The molecule has 3 heterocycles. The van der Waals surface area contributed by atoms with Crippen molar-refractivity contribution in [2.45, 2.75) is 13.0 Å². The molecule has 0 atom stereocenters. The van der Waals surface area contributed by atoms with Gasteiger partial charge in [0, 0.05) is 36.4 Å². The Hall–Kier alpha value is -2.56. The normalized spacial score (nSPS) is 15.4. The number of hydrogen-bond donors (Lipinski definition) is 1. The Morgan fingerprint density at radius 3 is 2.86 bits per heavy atom. The van der Waals surface area contributed by atoms with Crippen LogP contribution in [0.3, 0.4) is 0 Å². The van der Waals surface area contributed by atoms with Crippen LogP contribution >= 0.6 is 0 Å². The molecule has 0 aliphatic carbocycles. The molecule has 21 heavy (non-hydrogen) atoms. The van der Waals surface area contributed by atoms with Crippen LogP contribution < -0.4 is 0 Å². The monoisotopic (exact) mass is 280 g/mol. The van der Waals surface area contributed by atoms with Crippen LogP contribution in [0.1, 0.15) is 22.4 Å². The van der Waals surface area contributed by atoms with Gasteiger partial charge in [-0.15, -0.1) is 0 Å². The van der Waals surface area contributed by atoms with Crippen LogP contribution in [-0.2, 0) is 0 Å². The number of para-hydroxylation sites is 1. The molecule has 5 nitrogen and oxygen atoms in total. The lowest BCUT2D eigenvalue weighted by molar-refractivity contribution is 0.0512. The van der Waals surface area contributed by atoms with Crippen LogP contribution in [0, 0.1) is 6.92 Å². The van der Waals surface area contributed by atoms with Crippen molar-refractivity contribution in [1.29, 1.82) is 0 Å². The largest absolute Gasteiger partial charge is 0.351 e. The summed E-state index contributed by atoms with van der Waals surface area (Å²) in [6.07, 6.45) is 3.78. The number of carbonyl (C=O) groups excluding carboxylic acids is 1. The van der Waals surface area contributed by atoms with E-state index >= 15 is 0 Å². The summed E-state index contributed by atoms with van der Waals surface area (Å²) in [5.74, 6) is 1.07. The number of hydrogen-bond acceptors (Lipinski definition) is 2. The number of carbonyl (C=O) groups is 1. The molecule has 0 radical (unpaired) electrons. The van der Waals surface area contributed by atoms with Gasteiger partial charge in [-0.1, -0.05) is 18.2 Å². The van der Waals surface area contributed by atoms with E-state index in [2.05, 4.69) is 14.5 Å². The van der Waals surface area contributed by atoms with E-state index in [0.717, 1.165) is 29.8 Å². The lowest BCUT2D eigenvalue weighted by Gasteiger charge is -2.40. The molecule has 0 bridgehead atoms. The van der Waals surface area contributed by atoms with E-state index < -0.39 is 0 Å². The van der Waals surface area contributed by atoms with Gasteiger partial charge in [-0.2, -0.15) is 0 Å². The Morgan fingerprint density at radius 1 is 1.33 bits per heavy atom. The van der Waals surface area contributed by atoms with Crippen LogP contribution in [0.25, 0.3) is 10.9 Å². The number of H-pyrrole nitrogens is 1. The van der Waals surface area contributed by atoms with Crippen LogP contribution in [0.15, 0.2) is 42.7 Å². The number of aromatic amines is 1. The topological polar surface area (TPSA) is 53.9 Å². The van der Waals surface area contributed by atoms with Crippen molar-refractivity contribution in [2.24, 2.45) is 0 Å². The van der Waals surface area contributed by atoms with Gasteiger partial charge < -0.3 is 14.5 Å². The number of nitrogens with zero attached hydrogens (tertiary/aromatic N) is 3. The second kappa shape index (κ2) is 4.48. The van der Waals surface area contributed by atoms with E-state index in [1.54, 1.807) is 6.20 Å². The SMILES string of the molecule is Cc1nccn1C1CN(C(=O)c2cc3ccccc3[nH]2)C1. The molecule has 0 saturated carbocycles. The van der Waals surface area contributed by atoms with Crippen molar-refractivity contribution in [3.8, 4) is 0 Å². The molecule has 4 rings (SSSR count). The highest BCUT2D eigenvalue weighted by atomic mass is 16.2. The van der Waals surface area contributed by atoms with E-state index in [9.17, 15) is 4.79 Å². The number of benzene rings is 1. The Bertz CT molecular complexity index is 777. The van der Waals surface area contributed by atoms with Crippen LogP contribution in [0.2, 0.25) is 0 Å². The summed E-state index contributed by atoms with van der Waals surface area (Å²) in [6.45, 7) is 3.47. The van der Waals surface area contributed by atoms with Crippen molar-refractivity contribution in [1.82, 2.24) is 19.4 Å². The lowest BCUT2D eigenvalue weighted by Crippen LogP contribution is -2.50. The van der Waals surface area contributed by atoms with Crippen molar-refractivity contribution >= 4 is 16.8 Å². The Morgan fingerprint density at radius 2 is 2.14 bits per heavy atom. The summed E-state index contributed by atoms with van der Waals surface area (Å²) in [5.41, 5.74) is 1.67. The summed E-state index contributed by atoms with van der Waals surface area (Å²) in [7, 11) is 0. The van der Waals surface area contributed by atoms with E-state index in [1.165, 1.54) is 0 Å². The number of fused-ring (bicyclic) bond motifs is 1. The van der Waals surface area contributed by atoms with Gasteiger partial charge in [0.15, 0.2) is 0 Å². The first-order chi connectivity index (χ1) is 10.2. The zero-order chi connectivity index (χ0) is 14.4. The number of nitrogens with one attached hydrogen (secondary N) is 1. The first-order valence-corrected chi connectivity index (χ1v) is 7.09. The van der Waals surface area contributed by atoms with E-state index in [4.69, 9.17) is 0 Å². The fraction of sp³-hybridized carbons (Fsp3) is 0.250. The predicted octanol–water partition coefficient (Wildman–Crippen LogP) is 2.37. The van der Waals surface area contributed by atoms with Gasteiger partial charge in [0.1, 0.15) is 11.5 Å². The quantitative estimate of drug-likeness (QED) is 0.783. The standard InChI is InChI=1S/C16H16N4O/c1-11-17-6-7-20(11)13-9-19(10-13)16(21)15-8-12-4-2-3-5-14(12)18-15/h2-8,13,18H,9-10H2,1H3. The maximum atomic E-state index is 12.5. The van der Waals surface area contributed by atoms with Crippen LogP contribution in [0.5, 0.6) is 0 Å². The highest BCUT2D eigenvalue weighted by Gasteiger charge is 2.33. The van der Waals surface area contributed by atoms with E-state index in [-0.39, 0.29) is 5.91 Å². The molecule has 1 amide bonds. The predicted molar refractivity (Wildman–Crippen MR) is 80.2 cm³/mol. The van der Waals surface area contributed by atoms with Crippen LogP contribution in [-0.4, -0.2) is 38.4 Å². The summed E-state index contributed by atoms with van der Waals surface area (Å²) >= 11 is 0. The van der Waals surface area contributed by atoms with Crippen molar-refractivity contribution in [3.63, 3.8) is 0 Å². The first-order valence-electron chi connectivity index (χ1n) is 7.09. The number of aromatic nitrogens is 3. The molecule has 2 aromatic heterocycles. The third-order valence-corrected chi connectivity index (χ3v) is 4.17. The van der Waals surface area contributed by atoms with Gasteiger partial charge in [0.25, 0.3) is 5.91 Å². The molecule has 3 aromatic rings. The molecule has 5 heteroatoms. The third-order valence-electron chi connectivity index (χ3n) is 4.17. The minimum atomic E-state index is 0.0696. The maximum absolute atomic E-state index is 12.5. The first kappa shape index (κ1) is 12.2. The second-order valence-corrected chi connectivity index (χ2v) is 5.52. The molecule has 1 fully saturated rings. The smallest absolute Gasteiger partial charge is 0.270 e. The second-order valence-electron chi connectivity index (χ2n) is 5.52. The van der Waals surface area contributed by atoms with Crippen molar-refractivity contribution in [3.05, 3.63) is 54.2 Å². The molecule has 1 aliphatic heterocycles. The fourth-order valence-corrected chi connectivity index (χ4v) is 2.93. The Labute approximate surface area is 122 Å². The van der Waals surface area contributed by atoms with Crippen molar-refractivity contribution in [2.75, 3.05) is 13.1 Å².